The lowest BCUT2D eigenvalue weighted by molar-refractivity contribution is -0.193. The van der Waals surface area contributed by atoms with Gasteiger partial charge in [0.15, 0.2) is 11.5 Å². The number of phenols is 2. The van der Waals surface area contributed by atoms with Crippen molar-refractivity contribution in [3.63, 3.8) is 0 Å². The van der Waals surface area contributed by atoms with E-state index < -0.39 is 69.6 Å². The Morgan fingerprint density at radius 3 is 2.37 bits per heavy atom. The van der Waals surface area contributed by atoms with Crippen LogP contribution in [-0.2, 0) is 16.0 Å². The number of benzene rings is 2. The van der Waals surface area contributed by atoms with E-state index in [0.29, 0.717) is 6.42 Å². The molecule has 8 N–H and O–H groups in total. The summed E-state index contributed by atoms with van der Waals surface area (Å²) in [5, 5.41) is 67.6. The predicted octanol–water partition coefficient (Wildman–Crippen LogP) is 2.46. The fourth-order valence-corrected chi connectivity index (χ4v) is 5.72. The lowest BCUT2D eigenvalue weighted by Gasteiger charge is -2.50. The van der Waals surface area contributed by atoms with Gasteiger partial charge in [-0.1, -0.05) is 23.3 Å². The Morgan fingerprint density at radius 2 is 1.78 bits per heavy atom. The maximum Gasteiger partial charge on any atom is 0.255 e. The van der Waals surface area contributed by atoms with Crippen LogP contribution in [0.15, 0.2) is 46.8 Å². The second kappa shape index (κ2) is 10.3. The van der Waals surface area contributed by atoms with Gasteiger partial charge in [-0.25, -0.2) is 0 Å². The number of Topliss-reactive ketones (excluding diaryl/α,β-unsaturated/α-hetero) is 2. The van der Waals surface area contributed by atoms with Crippen molar-refractivity contribution in [3.05, 3.63) is 63.5 Å². The van der Waals surface area contributed by atoms with Crippen molar-refractivity contribution in [2.75, 3.05) is 7.11 Å². The molecule has 2 aromatic rings. The number of primary amides is 1. The molecule has 0 spiro atoms. The number of ketones is 2. The van der Waals surface area contributed by atoms with Crippen LogP contribution >= 0.6 is 0 Å². The number of methoxy groups -OCH3 is 1. The molecule has 1 amide bonds. The molecule has 11 nitrogen and oxygen atoms in total. The van der Waals surface area contributed by atoms with E-state index >= 15 is 0 Å². The Hall–Kier alpha value is -4.19. The van der Waals surface area contributed by atoms with E-state index in [4.69, 9.17) is 10.5 Å². The number of aliphatic hydroxyl groups excluding tert-OH is 2. The summed E-state index contributed by atoms with van der Waals surface area (Å²) in [6.45, 7) is 5.84. The van der Waals surface area contributed by atoms with Crippen LogP contribution in [0.2, 0.25) is 0 Å². The molecule has 11 heteroatoms. The number of allylic oxidation sites excluding steroid dienone is 4. The van der Waals surface area contributed by atoms with Gasteiger partial charge in [0.2, 0.25) is 11.4 Å². The van der Waals surface area contributed by atoms with Crippen molar-refractivity contribution in [1.29, 1.82) is 0 Å². The van der Waals surface area contributed by atoms with Crippen molar-refractivity contribution in [2.45, 2.75) is 63.8 Å². The normalized spacial score (nSPS) is 24.3. The zero-order valence-electron chi connectivity index (χ0n) is 23.1. The largest absolute Gasteiger partial charge is 0.508 e. The van der Waals surface area contributed by atoms with Gasteiger partial charge in [-0.2, -0.15) is 0 Å². The third-order valence-corrected chi connectivity index (χ3v) is 7.91. The Balaban J connectivity index is 2.07. The number of rotatable bonds is 7. The minimum Gasteiger partial charge on any atom is -0.508 e. The van der Waals surface area contributed by atoms with Crippen LogP contribution in [0.4, 0.5) is 0 Å². The fourth-order valence-electron chi connectivity index (χ4n) is 5.72. The number of fused-ring (bicyclic) bond motifs is 3. The van der Waals surface area contributed by atoms with Gasteiger partial charge in [0.1, 0.15) is 34.5 Å². The number of amides is 1. The summed E-state index contributed by atoms with van der Waals surface area (Å²) < 4.78 is 5.27. The highest BCUT2D eigenvalue weighted by molar-refractivity contribution is 6.24. The summed E-state index contributed by atoms with van der Waals surface area (Å²) in [4.78, 5) is 38.6. The standard InChI is InChI=1S/C30H33NO10/c1-13(2)6-5-7-14(3)8-9-16-17-10-15(41-4)11-18(32)20(17)24(34)23-21(16)25(35)29(39)12-19(33)22(28(31)38)26(36)30(29,40)27(23)37/h6,8,10-11,25,32,34-36,39-40H,5,7,9,12H2,1-4H3,(H2,31,38). The molecule has 0 heterocycles. The second-order valence-corrected chi connectivity index (χ2v) is 10.8. The molecule has 0 fully saturated rings. The molecule has 0 saturated carbocycles. The zero-order chi connectivity index (χ0) is 30.6. The topological polar surface area (TPSA) is 208 Å². The summed E-state index contributed by atoms with van der Waals surface area (Å²) in [5.74, 6) is -6.84. The molecule has 0 radical (unpaired) electrons. The molecule has 0 saturated heterocycles. The second-order valence-electron chi connectivity index (χ2n) is 10.8. The van der Waals surface area contributed by atoms with E-state index in [1.807, 2.05) is 26.8 Å². The van der Waals surface area contributed by atoms with E-state index in [0.717, 1.165) is 17.6 Å². The first kappa shape index (κ1) is 29.8. The number of carbonyl (C=O) groups is 3. The summed E-state index contributed by atoms with van der Waals surface area (Å²) >= 11 is 0. The molecule has 3 atom stereocenters. The average Bonchev–Trinajstić information content (AvgIpc) is 2.88. The summed E-state index contributed by atoms with van der Waals surface area (Å²) in [5.41, 5.74) is -1.09. The maximum atomic E-state index is 13.9. The summed E-state index contributed by atoms with van der Waals surface area (Å²) in [6, 6.07) is 2.66. The van der Waals surface area contributed by atoms with Gasteiger partial charge < -0.3 is 41.1 Å². The molecule has 2 aliphatic carbocycles. The predicted molar refractivity (Wildman–Crippen MR) is 148 cm³/mol. The quantitative estimate of drug-likeness (QED) is 0.192. The van der Waals surface area contributed by atoms with Gasteiger partial charge in [-0.15, -0.1) is 0 Å². The Labute approximate surface area is 235 Å². The van der Waals surface area contributed by atoms with E-state index in [2.05, 4.69) is 6.08 Å². The maximum absolute atomic E-state index is 13.9. The van der Waals surface area contributed by atoms with Crippen LogP contribution in [-0.4, -0.2) is 66.4 Å². The lowest BCUT2D eigenvalue weighted by atomic mass is 9.59. The van der Waals surface area contributed by atoms with Gasteiger partial charge in [0.05, 0.1) is 18.1 Å². The van der Waals surface area contributed by atoms with Crippen LogP contribution in [0.5, 0.6) is 17.2 Å². The fraction of sp³-hybridized carbons (Fsp3) is 0.367. The first-order valence-electron chi connectivity index (χ1n) is 12.9. The minimum absolute atomic E-state index is 0.0352. The molecule has 0 aliphatic heterocycles. The average molecular weight is 568 g/mol. The Kier molecular flexibility index (Phi) is 7.50. The molecule has 2 aliphatic rings. The van der Waals surface area contributed by atoms with E-state index in [9.17, 15) is 45.0 Å². The smallest absolute Gasteiger partial charge is 0.255 e. The van der Waals surface area contributed by atoms with Crippen LogP contribution in [0.25, 0.3) is 10.8 Å². The van der Waals surface area contributed by atoms with Crippen molar-refractivity contribution < 1.29 is 49.8 Å². The molecule has 3 unspecified atom stereocenters. The van der Waals surface area contributed by atoms with Gasteiger partial charge in [-0.05, 0) is 57.0 Å². The molecule has 41 heavy (non-hydrogen) atoms. The van der Waals surface area contributed by atoms with Crippen LogP contribution in [0.3, 0.4) is 0 Å². The van der Waals surface area contributed by atoms with E-state index in [1.165, 1.54) is 19.2 Å². The number of aromatic hydroxyl groups is 2. The first-order chi connectivity index (χ1) is 19.1. The van der Waals surface area contributed by atoms with Crippen LogP contribution < -0.4 is 10.5 Å². The highest BCUT2D eigenvalue weighted by Crippen LogP contribution is 2.56. The summed E-state index contributed by atoms with van der Waals surface area (Å²) in [6.07, 6.45) is 2.00. The van der Waals surface area contributed by atoms with E-state index in [1.54, 1.807) is 0 Å². The Morgan fingerprint density at radius 1 is 1.12 bits per heavy atom. The number of phenolic OH excluding ortho intramolecular Hbond substituents is 2. The number of ether oxygens (including phenoxy) is 1. The van der Waals surface area contributed by atoms with Gasteiger partial charge in [0.25, 0.3) is 5.91 Å². The van der Waals surface area contributed by atoms with Crippen molar-refractivity contribution in [2.24, 2.45) is 5.73 Å². The number of hydrogen-bond donors (Lipinski definition) is 7. The number of aliphatic hydroxyl groups is 4. The van der Waals surface area contributed by atoms with Crippen molar-refractivity contribution in [3.8, 4) is 17.2 Å². The third-order valence-electron chi connectivity index (χ3n) is 7.91. The number of hydrogen-bond acceptors (Lipinski definition) is 10. The molecular weight excluding hydrogens is 534 g/mol. The molecule has 0 bridgehead atoms. The molecule has 218 valence electrons. The van der Waals surface area contributed by atoms with Crippen molar-refractivity contribution in [1.82, 2.24) is 0 Å². The Bertz CT molecular complexity index is 1600. The lowest BCUT2D eigenvalue weighted by Crippen LogP contribution is -2.69. The van der Waals surface area contributed by atoms with Gasteiger partial charge in [0, 0.05) is 18.1 Å². The minimum atomic E-state index is -3.42. The third kappa shape index (κ3) is 4.37. The van der Waals surface area contributed by atoms with E-state index in [-0.39, 0.29) is 34.1 Å². The number of nitrogens with two attached hydrogens (primary N) is 1. The SMILES string of the molecule is COc1cc(O)c2c(O)c3c(c(CC=C(C)CCC=C(C)C)c2c1)C(O)C1(O)CC(=O)C(C(N)=O)=C(O)C1(O)C3=O. The van der Waals surface area contributed by atoms with Gasteiger partial charge >= 0.3 is 0 Å². The number of carbonyl (C=O) groups excluding carboxylic acids is 3. The molecular formula is C30H33NO10. The van der Waals surface area contributed by atoms with Crippen molar-refractivity contribution >= 4 is 28.2 Å². The first-order valence-corrected chi connectivity index (χ1v) is 12.9. The molecule has 0 aromatic heterocycles. The van der Waals surface area contributed by atoms with Crippen LogP contribution in [0.1, 0.15) is 67.6 Å². The molecule has 2 aromatic carbocycles. The monoisotopic (exact) mass is 567 g/mol. The van der Waals surface area contributed by atoms with Gasteiger partial charge in [-0.3, -0.25) is 14.4 Å². The summed E-state index contributed by atoms with van der Waals surface area (Å²) in [7, 11) is 1.35. The zero-order valence-corrected chi connectivity index (χ0v) is 23.1. The highest BCUT2D eigenvalue weighted by Gasteiger charge is 2.70. The van der Waals surface area contributed by atoms with Crippen LogP contribution in [0, 0.1) is 0 Å². The highest BCUT2D eigenvalue weighted by atomic mass is 16.5. The molecule has 4 rings (SSSR count).